The molecule has 3 nitrogen and oxygen atoms in total. The number of thioether (sulfide) groups is 1. The summed E-state index contributed by atoms with van der Waals surface area (Å²) in [4.78, 5) is 16.9. The summed E-state index contributed by atoms with van der Waals surface area (Å²) in [5.74, 6) is -0.0355. The van der Waals surface area contributed by atoms with Crippen molar-refractivity contribution < 1.29 is 4.79 Å². The van der Waals surface area contributed by atoms with Gasteiger partial charge in [0.2, 0.25) is 0 Å². The van der Waals surface area contributed by atoms with E-state index in [1.54, 1.807) is 4.90 Å². The highest BCUT2D eigenvalue weighted by Gasteiger charge is 2.32. The molecule has 0 bridgehead atoms. The molecule has 1 saturated heterocycles. The summed E-state index contributed by atoms with van der Waals surface area (Å²) in [5.41, 5.74) is 2.10. The minimum Gasteiger partial charge on any atom is -0.350 e. The predicted octanol–water partition coefficient (Wildman–Crippen LogP) is 4.02. The molecule has 1 fully saturated rings. The van der Waals surface area contributed by atoms with Crippen LogP contribution in [-0.2, 0) is 11.3 Å². The van der Waals surface area contributed by atoms with Crippen molar-refractivity contribution in [1.82, 2.24) is 4.90 Å². The lowest BCUT2D eigenvalue weighted by molar-refractivity contribution is -0.122. The Bertz CT molecular complexity index is 744. The third-order valence-electron chi connectivity index (χ3n) is 3.53. The van der Waals surface area contributed by atoms with Gasteiger partial charge >= 0.3 is 0 Å². The maximum absolute atomic E-state index is 12.6. The second kappa shape index (κ2) is 6.98. The molecule has 1 aliphatic heterocycles. The van der Waals surface area contributed by atoms with Crippen LogP contribution in [0.5, 0.6) is 0 Å². The van der Waals surface area contributed by atoms with E-state index in [9.17, 15) is 4.79 Å². The van der Waals surface area contributed by atoms with Gasteiger partial charge in [-0.1, -0.05) is 72.5 Å². The first-order valence-electron chi connectivity index (χ1n) is 7.22. The third-order valence-corrected chi connectivity index (χ3v) is 4.90. The molecule has 3 rings (SSSR count). The molecule has 0 radical (unpaired) electrons. The van der Waals surface area contributed by atoms with Crippen LogP contribution in [0.1, 0.15) is 5.56 Å². The molecule has 0 aliphatic carbocycles. The Morgan fingerprint density at radius 1 is 1.09 bits per heavy atom. The maximum Gasteiger partial charge on any atom is 0.267 e. The van der Waals surface area contributed by atoms with Crippen LogP contribution in [-0.4, -0.2) is 22.2 Å². The fourth-order valence-corrected chi connectivity index (χ4v) is 3.58. The molecule has 23 heavy (non-hydrogen) atoms. The van der Waals surface area contributed by atoms with Crippen LogP contribution in [0.3, 0.4) is 0 Å². The summed E-state index contributed by atoms with van der Waals surface area (Å²) in [7, 11) is 1.93. The number of carbonyl (C=O) groups is 1. The molecular formula is C18H16N2OS2. The van der Waals surface area contributed by atoms with Crippen LogP contribution in [0.15, 0.2) is 71.8 Å². The molecule has 1 heterocycles. The summed E-state index contributed by atoms with van der Waals surface area (Å²) in [6, 6.07) is 19.8. The number of amides is 1. The van der Waals surface area contributed by atoms with E-state index in [2.05, 4.69) is 0 Å². The molecule has 0 spiro atoms. The van der Waals surface area contributed by atoms with E-state index >= 15 is 0 Å². The Hall–Kier alpha value is -2.11. The van der Waals surface area contributed by atoms with Gasteiger partial charge in [0.25, 0.3) is 5.91 Å². The minimum atomic E-state index is -0.0355. The number of carbonyl (C=O) groups excluding carboxylic acids is 1. The number of para-hydroxylation sites is 1. The van der Waals surface area contributed by atoms with Gasteiger partial charge in [-0.05, 0) is 17.7 Å². The fraction of sp³-hybridized carbons (Fsp3) is 0.111. The monoisotopic (exact) mass is 340 g/mol. The number of thiocarbonyl (C=S) groups is 1. The SMILES string of the molecule is CN(C=C1SC(=S)N(Cc2ccccc2)C1=O)c1ccccc1. The molecule has 116 valence electrons. The highest BCUT2D eigenvalue weighted by molar-refractivity contribution is 8.26. The van der Waals surface area contributed by atoms with Crippen LogP contribution in [0.25, 0.3) is 0 Å². The van der Waals surface area contributed by atoms with E-state index in [1.165, 1.54) is 11.8 Å². The smallest absolute Gasteiger partial charge is 0.267 e. The number of hydrogen-bond acceptors (Lipinski definition) is 4. The average molecular weight is 340 g/mol. The quantitative estimate of drug-likeness (QED) is 0.619. The molecule has 1 amide bonds. The minimum absolute atomic E-state index is 0.0355. The Morgan fingerprint density at radius 2 is 1.70 bits per heavy atom. The summed E-state index contributed by atoms with van der Waals surface area (Å²) < 4.78 is 0.603. The zero-order chi connectivity index (χ0) is 16.2. The third kappa shape index (κ3) is 3.63. The second-order valence-corrected chi connectivity index (χ2v) is 6.86. The average Bonchev–Trinajstić information content (AvgIpc) is 2.84. The predicted molar refractivity (Wildman–Crippen MR) is 100 cm³/mol. The Kier molecular flexibility index (Phi) is 4.79. The molecule has 0 saturated carbocycles. The van der Waals surface area contributed by atoms with Crippen molar-refractivity contribution >= 4 is 39.9 Å². The van der Waals surface area contributed by atoms with Crippen molar-refractivity contribution in [3.05, 3.63) is 77.3 Å². The zero-order valence-electron chi connectivity index (χ0n) is 12.7. The number of benzene rings is 2. The molecule has 2 aromatic carbocycles. The maximum atomic E-state index is 12.6. The first-order valence-corrected chi connectivity index (χ1v) is 8.45. The van der Waals surface area contributed by atoms with Gasteiger partial charge in [0, 0.05) is 18.9 Å². The van der Waals surface area contributed by atoms with E-state index in [4.69, 9.17) is 12.2 Å². The van der Waals surface area contributed by atoms with Crippen LogP contribution < -0.4 is 4.90 Å². The highest BCUT2D eigenvalue weighted by atomic mass is 32.2. The lowest BCUT2D eigenvalue weighted by atomic mass is 10.2. The standard InChI is InChI=1S/C18H16N2OS2/c1-19(15-10-6-3-7-11-15)13-16-17(21)20(18(22)23-16)12-14-8-4-2-5-9-14/h2-11,13H,12H2,1H3. The van der Waals surface area contributed by atoms with Crippen molar-refractivity contribution in [2.45, 2.75) is 6.54 Å². The van der Waals surface area contributed by atoms with Crippen molar-refractivity contribution in [3.63, 3.8) is 0 Å². The van der Waals surface area contributed by atoms with Gasteiger partial charge in [0.15, 0.2) is 0 Å². The molecule has 0 atom stereocenters. The largest absolute Gasteiger partial charge is 0.350 e. The Morgan fingerprint density at radius 3 is 2.35 bits per heavy atom. The number of hydrogen-bond donors (Lipinski definition) is 0. The van der Waals surface area contributed by atoms with Gasteiger partial charge in [-0.2, -0.15) is 0 Å². The van der Waals surface area contributed by atoms with E-state index in [-0.39, 0.29) is 5.91 Å². The first kappa shape index (κ1) is 15.8. The lowest BCUT2D eigenvalue weighted by Gasteiger charge is -2.15. The molecule has 0 unspecified atom stereocenters. The van der Waals surface area contributed by atoms with Crippen LogP contribution in [0.4, 0.5) is 5.69 Å². The van der Waals surface area contributed by atoms with Crippen LogP contribution >= 0.6 is 24.0 Å². The van der Waals surface area contributed by atoms with Gasteiger partial charge < -0.3 is 4.90 Å². The normalized spacial score (nSPS) is 16.2. The van der Waals surface area contributed by atoms with E-state index in [0.29, 0.717) is 15.8 Å². The van der Waals surface area contributed by atoms with Crippen molar-refractivity contribution in [3.8, 4) is 0 Å². The van der Waals surface area contributed by atoms with Crippen LogP contribution in [0, 0.1) is 0 Å². The van der Waals surface area contributed by atoms with Crippen molar-refractivity contribution in [1.29, 1.82) is 0 Å². The first-order chi connectivity index (χ1) is 11.1. The highest BCUT2D eigenvalue weighted by Crippen LogP contribution is 2.32. The molecule has 1 aliphatic rings. The lowest BCUT2D eigenvalue weighted by Crippen LogP contribution is -2.27. The van der Waals surface area contributed by atoms with Crippen LogP contribution in [0.2, 0.25) is 0 Å². The summed E-state index contributed by atoms with van der Waals surface area (Å²) in [6.07, 6.45) is 1.85. The Labute approximate surface area is 145 Å². The zero-order valence-corrected chi connectivity index (χ0v) is 14.3. The van der Waals surface area contributed by atoms with Gasteiger partial charge in [-0.3, -0.25) is 9.69 Å². The topological polar surface area (TPSA) is 23.6 Å². The van der Waals surface area contributed by atoms with Crippen molar-refractivity contribution in [2.24, 2.45) is 0 Å². The van der Waals surface area contributed by atoms with E-state index in [0.717, 1.165) is 11.3 Å². The van der Waals surface area contributed by atoms with Crippen molar-refractivity contribution in [2.75, 3.05) is 11.9 Å². The summed E-state index contributed by atoms with van der Waals surface area (Å²) >= 11 is 6.72. The van der Waals surface area contributed by atoms with E-state index < -0.39 is 0 Å². The van der Waals surface area contributed by atoms with Gasteiger partial charge in [0.05, 0.1) is 11.4 Å². The van der Waals surface area contributed by atoms with Gasteiger partial charge in [-0.25, -0.2) is 0 Å². The molecule has 0 N–H and O–H groups in total. The second-order valence-electron chi connectivity index (χ2n) is 5.18. The number of nitrogens with zero attached hydrogens (tertiary/aromatic N) is 2. The van der Waals surface area contributed by atoms with Gasteiger partial charge in [0.1, 0.15) is 4.32 Å². The Balaban J connectivity index is 1.77. The number of anilines is 1. The molecular weight excluding hydrogens is 324 g/mol. The number of rotatable bonds is 4. The molecule has 0 aromatic heterocycles. The summed E-state index contributed by atoms with van der Waals surface area (Å²) in [6.45, 7) is 0.512. The summed E-state index contributed by atoms with van der Waals surface area (Å²) in [5, 5.41) is 0. The van der Waals surface area contributed by atoms with Gasteiger partial charge in [-0.15, -0.1) is 0 Å². The molecule has 5 heteroatoms. The fourth-order valence-electron chi connectivity index (χ4n) is 2.31. The van der Waals surface area contributed by atoms with E-state index in [1.807, 2.05) is 78.8 Å². The molecule has 2 aromatic rings.